The molecule has 0 rings (SSSR count). The summed E-state index contributed by atoms with van der Waals surface area (Å²) in [5.74, 6) is 0. The lowest BCUT2D eigenvalue weighted by Gasteiger charge is -2.24. The Bertz CT molecular complexity index is 619. The van der Waals surface area contributed by atoms with Crippen molar-refractivity contribution in [3.8, 4) is 0 Å². The van der Waals surface area contributed by atoms with Crippen LogP contribution in [0.1, 0.15) is 20.8 Å². The fourth-order valence-corrected chi connectivity index (χ4v) is 3.60. The molecule has 0 N–H and O–H groups in total. The van der Waals surface area contributed by atoms with Gasteiger partial charge in [-0.15, -0.1) is 0 Å². The van der Waals surface area contributed by atoms with Crippen LogP contribution in [-0.2, 0) is 51.8 Å². The zero-order valence-electron chi connectivity index (χ0n) is 28.0. The van der Waals surface area contributed by atoms with E-state index in [1.54, 1.807) is 7.05 Å². The average Bonchev–Trinajstić information content (AvgIpc) is 2.92. The lowest BCUT2D eigenvalue weighted by atomic mass is 10.2. The van der Waals surface area contributed by atoms with Crippen LogP contribution in [0.2, 0.25) is 19.6 Å². The van der Waals surface area contributed by atoms with Gasteiger partial charge < -0.3 is 56.7 Å². The van der Waals surface area contributed by atoms with Crippen LogP contribution in [0.3, 0.4) is 0 Å². The second-order valence-electron chi connectivity index (χ2n) is 11.4. The highest BCUT2D eigenvalue weighted by atomic mass is 28.4. The second-order valence-corrected chi connectivity index (χ2v) is 15.9. The molecule has 1 amide bonds. The van der Waals surface area contributed by atoms with Crippen LogP contribution in [0.15, 0.2) is 0 Å². The highest BCUT2D eigenvalue weighted by Gasteiger charge is 2.19. The number of carbonyl (C=O) groups is 1. The van der Waals surface area contributed by atoms with Gasteiger partial charge in [-0.05, 0) is 40.4 Å². The van der Waals surface area contributed by atoms with E-state index in [2.05, 4.69) is 19.6 Å². The van der Waals surface area contributed by atoms with Crippen LogP contribution in [0.5, 0.6) is 0 Å². The highest BCUT2D eigenvalue weighted by molar-refractivity contribution is 6.69. The molecule has 0 aliphatic rings. The van der Waals surface area contributed by atoms with Crippen molar-refractivity contribution in [1.82, 2.24) is 4.90 Å². The fourth-order valence-electron chi connectivity index (χ4n) is 2.90. The first-order valence-corrected chi connectivity index (χ1v) is 18.7. The fraction of sp³-hybridized carbons (Fsp3) is 0.966. The number of rotatable bonds is 31. The van der Waals surface area contributed by atoms with E-state index in [0.29, 0.717) is 132 Å². The van der Waals surface area contributed by atoms with Gasteiger partial charge in [-0.2, -0.15) is 0 Å². The first-order chi connectivity index (χ1) is 20.5. The quantitative estimate of drug-likeness (QED) is 0.0816. The summed E-state index contributed by atoms with van der Waals surface area (Å²) in [4.78, 5) is 13.3. The van der Waals surface area contributed by atoms with Gasteiger partial charge >= 0.3 is 6.09 Å². The van der Waals surface area contributed by atoms with Crippen molar-refractivity contribution >= 4 is 14.4 Å². The third-order valence-electron chi connectivity index (χ3n) is 5.02. The van der Waals surface area contributed by atoms with Crippen molar-refractivity contribution in [2.75, 3.05) is 139 Å². The third-order valence-corrected chi connectivity index (χ3v) is 6.09. The average molecular weight is 644 g/mol. The summed E-state index contributed by atoms with van der Waals surface area (Å²) in [7, 11) is 0.231. The molecule has 0 aromatic rings. The zero-order valence-corrected chi connectivity index (χ0v) is 29.0. The van der Waals surface area contributed by atoms with Crippen LogP contribution in [0, 0.1) is 0 Å². The number of hydrogen-bond donors (Lipinski definition) is 0. The maximum atomic E-state index is 11.8. The Balaban J connectivity index is 3.17. The number of hydrogen-bond acceptors (Lipinski definition) is 12. The van der Waals surface area contributed by atoms with E-state index in [4.69, 9.17) is 51.8 Å². The topological polar surface area (TPSA) is 122 Å². The van der Waals surface area contributed by atoms with E-state index in [0.717, 1.165) is 0 Å². The Labute approximate surface area is 261 Å². The summed E-state index contributed by atoms with van der Waals surface area (Å²) in [6.07, 6.45) is -0.362. The predicted octanol–water partition coefficient (Wildman–Crippen LogP) is 2.85. The molecule has 13 nitrogen and oxygen atoms in total. The summed E-state index contributed by atoms with van der Waals surface area (Å²) in [5, 5.41) is 0. The zero-order chi connectivity index (χ0) is 32.1. The van der Waals surface area contributed by atoms with Gasteiger partial charge in [0, 0.05) is 13.6 Å². The largest absolute Gasteiger partial charge is 0.444 e. The maximum absolute atomic E-state index is 11.8. The third kappa shape index (κ3) is 35.4. The molecule has 0 aliphatic carbocycles. The summed E-state index contributed by atoms with van der Waals surface area (Å²) in [5.41, 5.74) is -0.507. The van der Waals surface area contributed by atoms with E-state index in [-0.39, 0.29) is 6.09 Å². The number of carbonyl (C=O) groups excluding carboxylic acids is 1. The van der Waals surface area contributed by atoms with E-state index in [9.17, 15) is 4.79 Å². The van der Waals surface area contributed by atoms with Crippen molar-refractivity contribution in [2.45, 2.75) is 46.0 Å². The van der Waals surface area contributed by atoms with Gasteiger partial charge in [0.25, 0.3) is 0 Å². The van der Waals surface area contributed by atoms with Crippen LogP contribution in [0.25, 0.3) is 0 Å². The van der Waals surface area contributed by atoms with Gasteiger partial charge in [-0.1, -0.05) is 0 Å². The standard InChI is InChI=1S/C29H61NO12Si/c1-29(2,3)42-28(31)30(4)8-9-32-10-11-33-12-13-34-14-15-35-16-17-36-18-19-37-20-21-38-22-23-39-24-25-40-26-27-41-43(5,6)7/h8-27H2,1-7H3. The Morgan fingerprint density at radius 2 is 0.744 bits per heavy atom. The first kappa shape index (κ1) is 42.1. The number of likely N-dealkylation sites (N-methyl/N-ethyl adjacent to an activating group) is 1. The molecule has 0 unspecified atom stereocenters. The Kier molecular flexibility index (Phi) is 27.9. The first-order valence-electron chi connectivity index (χ1n) is 15.3. The van der Waals surface area contributed by atoms with Crippen molar-refractivity contribution in [3.63, 3.8) is 0 Å². The van der Waals surface area contributed by atoms with E-state index >= 15 is 0 Å². The van der Waals surface area contributed by atoms with Gasteiger partial charge in [-0.25, -0.2) is 4.79 Å². The number of nitrogens with zero attached hydrogens (tertiary/aromatic N) is 1. The van der Waals surface area contributed by atoms with Gasteiger partial charge in [0.15, 0.2) is 8.32 Å². The van der Waals surface area contributed by atoms with Crippen LogP contribution >= 0.6 is 0 Å². The number of amides is 1. The molecule has 0 bridgehead atoms. The summed E-state index contributed by atoms with van der Waals surface area (Å²) < 4.78 is 60.2. The molecule has 0 aromatic heterocycles. The normalized spacial score (nSPS) is 12.2. The van der Waals surface area contributed by atoms with Crippen molar-refractivity contribution in [2.24, 2.45) is 0 Å². The molecule has 0 aliphatic heterocycles. The lowest BCUT2D eigenvalue weighted by Crippen LogP contribution is -2.36. The number of ether oxygens (including phenoxy) is 10. The predicted molar refractivity (Wildman–Crippen MR) is 166 cm³/mol. The minimum absolute atomic E-state index is 0.362. The molecule has 0 fully saturated rings. The highest BCUT2D eigenvalue weighted by Crippen LogP contribution is 2.08. The van der Waals surface area contributed by atoms with Crippen LogP contribution < -0.4 is 0 Å². The molecule has 43 heavy (non-hydrogen) atoms. The molecule has 0 saturated carbocycles. The van der Waals surface area contributed by atoms with E-state index in [1.165, 1.54) is 4.90 Å². The van der Waals surface area contributed by atoms with Gasteiger partial charge in [-0.3, -0.25) is 0 Å². The van der Waals surface area contributed by atoms with Crippen molar-refractivity contribution in [1.29, 1.82) is 0 Å². The van der Waals surface area contributed by atoms with Crippen molar-refractivity contribution < 1.29 is 56.6 Å². The summed E-state index contributed by atoms with van der Waals surface area (Å²) in [6.45, 7) is 22.2. The molecule has 258 valence electrons. The van der Waals surface area contributed by atoms with Crippen LogP contribution in [-0.4, -0.2) is 164 Å². The van der Waals surface area contributed by atoms with Crippen LogP contribution in [0.4, 0.5) is 4.79 Å². The molecular formula is C29H61NO12Si. The minimum atomic E-state index is -1.45. The Morgan fingerprint density at radius 3 is 1.00 bits per heavy atom. The molecule has 0 radical (unpaired) electrons. The molecule has 14 heteroatoms. The van der Waals surface area contributed by atoms with Gasteiger partial charge in [0.2, 0.25) is 0 Å². The molecule has 0 aromatic carbocycles. The molecular weight excluding hydrogens is 582 g/mol. The van der Waals surface area contributed by atoms with Crippen molar-refractivity contribution in [3.05, 3.63) is 0 Å². The minimum Gasteiger partial charge on any atom is -0.444 e. The van der Waals surface area contributed by atoms with Gasteiger partial charge in [0.1, 0.15) is 5.60 Å². The SMILES string of the molecule is CN(CCOCCOCCOCCOCCOCCOCCOCCOCCOCCO[Si](C)(C)C)C(=O)OC(C)(C)C. The maximum Gasteiger partial charge on any atom is 0.410 e. The van der Waals surface area contributed by atoms with E-state index in [1.807, 2.05) is 20.8 Å². The Hall–Kier alpha value is -0.913. The Morgan fingerprint density at radius 1 is 0.488 bits per heavy atom. The van der Waals surface area contributed by atoms with Gasteiger partial charge in [0.05, 0.1) is 126 Å². The molecule has 0 spiro atoms. The molecule has 0 saturated heterocycles. The van der Waals surface area contributed by atoms with E-state index < -0.39 is 13.9 Å². The smallest absolute Gasteiger partial charge is 0.410 e. The second kappa shape index (κ2) is 28.6. The molecule has 0 atom stereocenters. The monoisotopic (exact) mass is 643 g/mol. The lowest BCUT2D eigenvalue weighted by molar-refractivity contribution is -0.0257. The summed E-state index contributed by atoms with van der Waals surface area (Å²) in [6, 6.07) is 0. The summed E-state index contributed by atoms with van der Waals surface area (Å²) >= 11 is 0. The molecule has 0 heterocycles.